The first-order chi connectivity index (χ1) is 29.0. The lowest BCUT2D eigenvalue weighted by Crippen LogP contribution is -2.30. The summed E-state index contributed by atoms with van der Waals surface area (Å²) >= 11 is 0. The van der Waals surface area contributed by atoms with E-state index >= 15 is 0 Å². The van der Waals surface area contributed by atoms with Crippen LogP contribution in [0.25, 0.3) is 0 Å². The van der Waals surface area contributed by atoms with Gasteiger partial charge in [0.05, 0.1) is 0 Å². The second kappa shape index (κ2) is 49.1. The van der Waals surface area contributed by atoms with E-state index < -0.39 is 6.10 Å². The summed E-state index contributed by atoms with van der Waals surface area (Å²) < 4.78 is 16.8. The molecule has 0 N–H and O–H groups in total. The van der Waals surface area contributed by atoms with Crippen LogP contribution in [0.2, 0.25) is 0 Å². The first kappa shape index (κ1) is 57.4. The molecule has 0 saturated carbocycles. The SMILES string of the molecule is CCCCCCCCCCCCCCCCCC(=O)OC[C@@H](COC(=O)CCCCCCCCCCCCC)OC(=O)CCCCCCCCCCCCCCCCC. The van der Waals surface area contributed by atoms with Crippen molar-refractivity contribution in [3.05, 3.63) is 0 Å². The molecule has 0 heterocycles. The summed E-state index contributed by atoms with van der Waals surface area (Å²) in [4.78, 5) is 37.9. The van der Waals surface area contributed by atoms with Crippen LogP contribution in [0, 0.1) is 0 Å². The van der Waals surface area contributed by atoms with Crippen LogP contribution in [-0.2, 0) is 28.6 Å². The van der Waals surface area contributed by atoms with Crippen molar-refractivity contribution < 1.29 is 28.6 Å². The van der Waals surface area contributed by atoms with Gasteiger partial charge in [0.15, 0.2) is 6.10 Å². The fourth-order valence-electron chi connectivity index (χ4n) is 8.09. The summed E-state index contributed by atoms with van der Waals surface area (Å²) in [6.45, 7) is 6.68. The Morgan fingerprint density at radius 2 is 0.458 bits per heavy atom. The van der Waals surface area contributed by atoms with Crippen LogP contribution >= 0.6 is 0 Å². The van der Waals surface area contributed by atoms with Gasteiger partial charge < -0.3 is 14.2 Å². The van der Waals surface area contributed by atoms with Crippen LogP contribution in [0.15, 0.2) is 0 Å². The first-order valence-corrected chi connectivity index (χ1v) is 26.5. The summed E-state index contributed by atoms with van der Waals surface area (Å²) in [7, 11) is 0. The number of esters is 3. The molecule has 350 valence electrons. The molecule has 0 aromatic heterocycles. The highest BCUT2D eigenvalue weighted by Crippen LogP contribution is 2.17. The van der Waals surface area contributed by atoms with Gasteiger partial charge in [0.25, 0.3) is 0 Å². The van der Waals surface area contributed by atoms with E-state index in [1.165, 1.54) is 205 Å². The van der Waals surface area contributed by atoms with Crippen molar-refractivity contribution in [3.63, 3.8) is 0 Å². The molecule has 0 unspecified atom stereocenters. The van der Waals surface area contributed by atoms with Gasteiger partial charge in [-0.3, -0.25) is 14.4 Å². The third kappa shape index (κ3) is 47.3. The van der Waals surface area contributed by atoms with Crippen LogP contribution in [0.1, 0.15) is 303 Å². The molecule has 0 radical (unpaired) electrons. The number of carbonyl (C=O) groups excluding carboxylic acids is 3. The van der Waals surface area contributed by atoms with E-state index in [4.69, 9.17) is 14.2 Å². The maximum Gasteiger partial charge on any atom is 0.306 e. The molecule has 6 nitrogen and oxygen atoms in total. The highest BCUT2D eigenvalue weighted by Gasteiger charge is 2.19. The lowest BCUT2D eigenvalue weighted by molar-refractivity contribution is -0.167. The molecule has 0 rings (SSSR count). The number of hydrogen-bond donors (Lipinski definition) is 0. The molecule has 0 aliphatic heterocycles. The maximum atomic E-state index is 12.8. The largest absolute Gasteiger partial charge is 0.462 e. The Kier molecular flexibility index (Phi) is 47.7. The van der Waals surface area contributed by atoms with Gasteiger partial charge in [-0.15, -0.1) is 0 Å². The predicted molar refractivity (Wildman–Crippen MR) is 252 cm³/mol. The van der Waals surface area contributed by atoms with Crippen molar-refractivity contribution >= 4 is 17.9 Å². The lowest BCUT2D eigenvalue weighted by Gasteiger charge is -2.18. The van der Waals surface area contributed by atoms with Crippen molar-refractivity contribution in [2.45, 2.75) is 309 Å². The van der Waals surface area contributed by atoms with E-state index in [2.05, 4.69) is 20.8 Å². The third-order valence-corrected chi connectivity index (χ3v) is 12.1. The number of rotatable bonds is 49. The minimum Gasteiger partial charge on any atom is -0.462 e. The number of unbranched alkanes of at least 4 members (excludes halogenated alkanes) is 38. The molecule has 59 heavy (non-hydrogen) atoms. The van der Waals surface area contributed by atoms with Gasteiger partial charge in [-0.1, -0.05) is 265 Å². The van der Waals surface area contributed by atoms with Gasteiger partial charge in [0.2, 0.25) is 0 Å². The molecule has 0 amide bonds. The van der Waals surface area contributed by atoms with Gasteiger partial charge >= 0.3 is 17.9 Å². The molecule has 0 bridgehead atoms. The normalized spacial score (nSPS) is 11.8. The summed E-state index contributed by atoms with van der Waals surface area (Å²) in [5.74, 6) is -0.839. The summed E-state index contributed by atoms with van der Waals surface area (Å²) in [5, 5.41) is 0. The van der Waals surface area contributed by atoms with E-state index in [1.54, 1.807) is 0 Å². The Morgan fingerprint density at radius 1 is 0.271 bits per heavy atom. The average molecular weight is 835 g/mol. The van der Waals surface area contributed by atoms with Crippen LogP contribution < -0.4 is 0 Å². The molecular formula is C53H102O6. The minimum absolute atomic E-state index is 0.0616. The molecule has 0 fully saturated rings. The Bertz CT molecular complexity index is 874. The van der Waals surface area contributed by atoms with E-state index in [9.17, 15) is 14.4 Å². The zero-order chi connectivity index (χ0) is 43.0. The van der Waals surface area contributed by atoms with E-state index in [0.29, 0.717) is 19.3 Å². The average Bonchev–Trinajstić information content (AvgIpc) is 3.23. The lowest BCUT2D eigenvalue weighted by atomic mass is 10.0. The highest BCUT2D eigenvalue weighted by atomic mass is 16.6. The number of hydrogen-bond acceptors (Lipinski definition) is 6. The Morgan fingerprint density at radius 3 is 0.678 bits per heavy atom. The number of ether oxygens (including phenoxy) is 3. The molecule has 0 aliphatic carbocycles. The summed E-state index contributed by atoms with van der Waals surface area (Å²) in [6.07, 6.45) is 52.2. The van der Waals surface area contributed by atoms with Gasteiger partial charge in [0.1, 0.15) is 13.2 Å². The van der Waals surface area contributed by atoms with Gasteiger partial charge in [-0.05, 0) is 19.3 Å². The quantitative estimate of drug-likeness (QED) is 0.0345. The molecule has 1 atom stereocenters. The fraction of sp³-hybridized carbons (Fsp3) is 0.943. The predicted octanol–water partition coefficient (Wildman–Crippen LogP) is 17.2. The van der Waals surface area contributed by atoms with Crippen molar-refractivity contribution in [2.24, 2.45) is 0 Å². The van der Waals surface area contributed by atoms with E-state index in [1.807, 2.05) is 0 Å². The Hall–Kier alpha value is -1.59. The summed E-state index contributed by atoms with van der Waals surface area (Å²) in [6, 6.07) is 0. The molecule has 0 saturated heterocycles. The summed E-state index contributed by atoms with van der Waals surface area (Å²) in [5.41, 5.74) is 0. The van der Waals surface area contributed by atoms with Crippen LogP contribution in [0.3, 0.4) is 0 Å². The second-order valence-corrected chi connectivity index (χ2v) is 18.2. The smallest absolute Gasteiger partial charge is 0.306 e. The Balaban J connectivity index is 4.29. The molecule has 0 aliphatic rings. The van der Waals surface area contributed by atoms with Crippen molar-refractivity contribution in [2.75, 3.05) is 13.2 Å². The zero-order valence-corrected chi connectivity index (χ0v) is 40.1. The maximum absolute atomic E-state index is 12.8. The topological polar surface area (TPSA) is 78.9 Å². The minimum atomic E-state index is -0.759. The van der Waals surface area contributed by atoms with Crippen molar-refractivity contribution in [1.82, 2.24) is 0 Å². The van der Waals surface area contributed by atoms with Crippen LogP contribution in [-0.4, -0.2) is 37.2 Å². The van der Waals surface area contributed by atoms with Gasteiger partial charge in [-0.25, -0.2) is 0 Å². The van der Waals surface area contributed by atoms with Crippen molar-refractivity contribution in [1.29, 1.82) is 0 Å². The second-order valence-electron chi connectivity index (χ2n) is 18.2. The van der Waals surface area contributed by atoms with Crippen molar-refractivity contribution in [3.8, 4) is 0 Å². The van der Waals surface area contributed by atoms with E-state index in [0.717, 1.165) is 57.8 Å². The molecule has 6 heteroatoms. The van der Waals surface area contributed by atoms with Crippen LogP contribution in [0.5, 0.6) is 0 Å². The standard InChI is InChI=1S/C53H102O6/c1-4-7-10-13-16-19-22-24-26-28-31-34-37-40-43-46-52(55)58-49-50(48-57-51(54)45-42-39-36-33-30-21-18-15-12-9-6-3)59-53(56)47-44-41-38-35-32-29-27-25-23-20-17-14-11-8-5-2/h50H,4-49H2,1-3H3/t50-/m1/s1. The first-order valence-electron chi connectivity index (χ1n) is 26.5. The molecular weight excluding hydrogens is 733 g/mol. The third-order valence-electron chi connectivity index (χ3n) is 12.1. The molecule has 0 aromatic carbocycles. The monoisotopic (exact) mass is 835 g/mol. The highest BCUT2D eigenvalue weighted by molar-refractivity contribution is 5.71. The van der Waals surface area contributed by atoms with Crippen LogP contribution in [0.4, 0.5) is 0 Å². The molecule has 0 aromatic rings. The van der Waals surface area contributed by atoms with Gasteiger partial charge in [-0.2, -0.15) is 0 Å². The fourth-order valence-corrected chi connectivity index (χ4v) is 8.09. The Labute approximate surface area is 368 Å². The van der Waals surface area contributed by atoms with Gasteiger partial charge in [0, 0.05) is 19.3 Å². The molecule has 0 spiro atoms. The number of carbonyl (C=O) groups is 3. The zero-order valence-electron chi connectivity index (χ0n) is 40.1. The van der Waals surface area contributed by atoms with E-state index in [-0.39, 0.29) is 31.1 Å².